The summed E-state index contributed by atoms with van der Waals surface area (Å²) in [6, 6.07) is 4.24. The lowest BCUT2D eigenvalue weighted by Gasteiger charge is -2.00. The van der Waals surface area contributed by atoms with Crippen molar-refractivity contribution in [1.82, 2.24) is 0 Å². The molecule has 0 radical (unpaired) electrons. The monoisotopic (exact) mass is 186 g/mol. The topological polar surface area (TPSA) is 12.5 Å². The van der Waals surface area contributed by atoms with Crippen LogP contribution in [0.25, 0.3) is 0 Å². The third-order valence-corrected chi connectivity index (χ3v) is 4.13. The Morgan fingerprint density at radius 1 is 1.82 bits per heavy atom. The van der Waals surface area contributed by atoms with E-state index in [-0.39, 0.29) is 5.60 Å². The Bertz CT molecular complexity index is 226. The van der Waals surface area contributed by atoms with E-state index in [1.807, 2.05) is 11.8 Å². The molecule has 0 aromatic carbocycles. The predicted molar refractivity (Wildman–Crippen MR) is 49.4 cm³/mol. The third-order valence-electron chi connectivity index (χ3n) is 1.65. The quantitative estimate of drug-likeness (QED) is 0.531. The van der Waals surface area contributed by atoms with Crippen molar-refractivity contribution in [2.24, 2.45) is 0 Å². The van der Waals surface area contributed by atoms with Crippen molar-refractivity contribution in [3.63, 3.8) is 0 Å². The number of thioether (sulfide) groups is 1. The van der Waals surface area contributed by atoms with Gasteiger partial charge in [-0.1, -0.05) is 6.07 Å². The number of hydrogen-bond acceptors (Lipinski definition) is 3. The first kappa shape index (κ1) is 7.65. The van der Waals surface area contributed by atoms with E-state index in [1.54, 1.807) is 11.3 Å². The van der Waals surface area contributed by atoms with Crippen molar-refractivity contribution in [1.29, 1.82) is 0 Å². The van der Waals surface area contributed by atoms with Crippen LogP contribution in [0, 0.1) is 0 Å². The Kier molecular flexibility index (Phi) is 1.95. The molecule has 1 aliphatic rings. The van der Waals surface area contributed by atoms with Gasteiger partial charge in [0.25, 0.3) is 0 Å². The second kappa shape index (κ2) is 2.81. The van der Waals surface area contributed by atoms with Crippen molar-refractivity contribution in [2.75, 3.05) is 12.4 Å². The van der Waals surface area contributed by atoms with Crippen LogP contribution in [-0.2, 0) is 4.74 Å². The first-order valence-corrected chi connectivity index (χ1v) is 5.45. The molecule has 1 atom stereocenters. The van der Waals surface area contributed by atoms with E-state index in [2.05, 4.69) is 24.4 Å². The fourth-order valence-corrected chi connectivity index (χ4v) is 2.63. The highest BCUT2D eigenvalue weighted by atomic mass is 32.2. The van der Waals surface area contributed by atoms with Crippen LogP contribution >= 0.6 is 23.1 Å². The molecule has 3 heteroatoms. The summed E-state index contributed by atoms with van der Waals surface area (Å²) in [5.41, 5.74) is 0.189. The van der Waals surface area contributed by atoms with Crippen molar-refractivity contribution in [3.8, 4) is 0 Å². The number of epoxide rings is 1. The van der Waals surface area contributed by atoms with Gasteiger partial charge >= 0.3 is 0 Å². The van der Waals surface area contributed by atoms with Gasteiger partial charge in [0.2, 0.25) is 0 Å². The molecule has 1 saturated heterocycles. The fraction of sp³-hybridized carbons (Fsp3) is 0.500. The Hall–Kier alpha value is 0.01000. The fourth-order valence-electron chi connectivity index (χ4n) is 0.776. The summed E-state index contributed by atoms with van der Waals surface area (Å²) in [6.45, 7) is 3.10. The lowest BCUT2D eigenvalue weighted by molar-refractivity contribution is 0.348. The van der Waals surface area contributed by atoms with Gasteiger partial charge in [-0.25, -0.2) is 0 Å². The lowest BCUT2D eigenvalue weighted by atomic mass is 10.3. The van der Waals surface area contributed by atoms with Crippen molar-refractivity contribution >= 4 is 23.1 Å². The summed E-state index contributed by atoms with van der Waals surface area (Å²) in [4.78, 5) is 0. The smallest absolute Gasteiger partial charge is 0.0982 e. The standard InChI is InChI=1S/C8H10OS2/c1-8(5-9-8)6-11-7-3-2-4-10-7/h2-4H,5-6H2,1H3. The van der Waals surface area contributed by atoms with Crippen LogP contribution < -0.4 is 0 Å². The van der Waals surface area contributed by atoms with Crippen LogP contribution in [0.5, 0.6) is 0 Å². The number of thiophene rings is 1. The van der Waals surface area contributed by atoms with Gasteiger partial charge in [-0.15, -0.1) is 23.1 Å². The highest BCUT2D eigenvalue weighted by Gasteiger charge is 2.38. The summed E-state index contributed by atoms with van der Waals surface area (Å²) >= 11 is 3.69. The zero-order valence-electron chi connectivity index (χ0n) is 6.37. The number of rotatable bonds is 3. The number of hydrogen-bond donors (Lipinski definition) is 0. The van der Waals surface area contributed by atoms with Crippen LogP contribution in [0.15, 0.2) is 21.7 Å². The van der Waals surface area contributed by atoms with Crippen LogP contribution in [0.1, 0.15) is 6.92 Å². The summed E-state index contributed by atoms with van der Waals surface area (Å²) in [5.74, 6) is 1.09. The molecule has 1 nitrogen and oxygen atoms in total. The highest BCUT2D eigenvalue weighted by Crippen LogP contribution is 2.34. The maximum absolute atomic E-state index is 5.28. The molecule has 0 bridgehead atoms. The lowest BCUT2D eigenvalue weighted by Crippen LogP contribution is -2.06. The van der Waals surface area contributed by atoms with Gasteiger partial charge in [0.05, 0.1) is 16.4 Å². The molecule has 0 amide bonds. The summed E-state index contributed by atoms with van der Waals surface area (Å²) in [5, 5.41) is 2.11. The minimum Gasteiger partial charge on any atom is -0.369 e. The normalized spacial score (nSPS) is 28.8. The van der Waals surface area contributed by atoms with E-state index in [0.29, 0.717) is 0 Å². The summed E-state index contributed by atoms with van der Waals surface area (Å²) in [6.07, 6.45) is 0. The zero-order valence-corrected chi connectivity index (χ0v) is 8.00. The van der Waals surface area contributed by atoms with E-state index in [0.717, 1.165) is 12.4 Å². The van der Waals surface area contributed by atoms with E-state index in [4.69, 9.17) is 4.74 Å². The van der Waals surface area contributed by atoms with Gasteiger partial charge in [-0.05, 0) is 18.4 Å². The molecule has 2 rings (SSSR count). The van der Waals surface area contributed by atoms with Crippen molar-refractivity contribution < 1.29 is 4.74 Å². The van der Waals surface area contributed by atoms with E-state index >= 15 is 0 Å². The van der Waals surface area contributed by atoms with Gasteiger partial charge in [0.1, 0.15) is 0 Å². The van der Waals surface area contributed by atoms with Gasteiger partial charge in [0.15, 0.2) is 0 Å². The second-order valence-corrected chi connectivity index (χ2v) is 5.18. The second-order valence-electron chi connectivity index (χ2n) is 2.96. The molecule has 0 spiro atoms. The largest absolute Gasteiger partial charge is 0.369 e. The molecular weight excluding hydrogens is 176 g/mol. The van der Waals surface area contributed by atoms with Crippen LogP contribution in [0.2, 0.25) is 0 Å². The van der Waals surface area contributed by atoms with Gasteiger partial charge in [-0.3, -0.25) is 0 Å². The van der Waals surface area contributed by atoms with Crippen LogP contribution in [0.3, 0.4) is 0 Å². The Morgan fingerprint density at radius 3 is 3.18 bits per heavy atom. The SMILES string of the molecule is CC1(CSc2cccs2)CO1. The van der Waals surface area contributed by atoms with Crippen molar-refractivity contribution in [2.45, 2.75) is 16.7 Å². The van der Waals surface area contributed by atoms with Crippen LogP contribution in [-0.4, -0.2) is 18.0 Å². The molecule has 0 aliphatic carbocycles. The molecule has 1 unspecified atom stereocenters. The molecule has 1 aromatic rings. The van der Waals surface area contributed by atoms with E-state index in [9.17, 15) is 0 Å². The molecule has 2 heterocycles. The zero-order chi connectivity index (χ0) is 7.73. The molecule has 11 heavy (non-hydrogen) atoms. The minimum atomic E-state index is 0.189. The summed E-state index contributed by atoms with van der Waals surface area (Å²) in [7, 11) is 0. The van der Waals surface area contributed by atoms with E-state index < -0.39 is 0 Å². The molecule has 0 N–H and O–H groups in total. The third kappa shape index (κ3) is 1.98. The number of ether oxygens (including phenoxy) is 1. The average molecular weight is 186 g/mol. The van der Waals surface area contributed by atoms with Gasteiger partial charge < -0.3 is 4.74 Å². The van der Waals surface area contributed by atoms with E-state index in [1.165, 1.54) is 4.21 Å². The molecule has 1 fully saturated rings. The molecule has 60 valence electrons. The highest BCUT2D eigenvalue weighted by molar-refractivity contribution is 8.01. The molecule has 1 aromatic heterocycles. The maximum atomic E-state index is 5.28. The summed E-state index contributed by atoms with van der Waals surface area (Å²) < 4.78 is 6.67. The Morgan fingerprint density at radius 2 is 2.64 bits per heavy atom. The van der Waals surface area contributed by atoms with Gasteiger partial charge in [-0.2, -0.15) is 0 Å². The first-order valence-electron chi connectivity index (χ1n) is 3.59. The van der Waals surface area contributed by atoms with Crippen molar-refractivity contribution in [3.05, 3.63) is 17.5 Å². The predicted octanol–water partition coefficient (Wildman–Crippen LogP) is 2.63. The van der Waals surface area contributed by atoms with Gasteiger partial charge in [0, 0.05) is 5.75 Å². The first-order chi connectivity index (χ1) is 5.29. The average Bonchev–Trinajstić information content (AvgIpc) is 2.53. The minimum absolute atomic E-state index is 0.189. The molecule has 1 aliphatic heterocycles. The Labute approximate surface area is 74.8 Å². The maximum Gasteiger partial charge on any atom is 0.0982 e. The Balaban J connectivity index is 1.83. The van der Waals surface area contributed by atoms with Crippen LogP contribution in [0.4, 0.5) is 0 Å². The molecular formula is C8H10OS2. The molecule has 0 saturated carbocycles.